The second kappa shape index (κ2) is 10.4. The zero-order valence-corrected chi connectivity index (χ0v) is 18.9. The van der Waals surface area contributed by atoms with Crippen LogP contribution < -0.4 is 15.8 Å². The summed E-state index contributed by atoms with van der Waals surface area (Å²) in [6, 6.07) is 25.7. The van der Waals surface area contributed by atoms with Gasteiger partial charge in [0.25, 0.3) is 0 Å². The number of fused-ring (bicyclic) bond motifs is 1. The van der Waals surface area contributed by atoms with Gasteiger partial charge in [-0.2, -0.15) is 0 Å². The van der Waals surface area contributed by atoms with Crippen LogP contribution in [0.15, 0.2) is 102 Å². The number of benzene rings is 3. The maximum Gasteiger partial charge on any atom is 0.238 e. The largest absolute Gasteiger partial charge is 0.383 e. The smallest absolute Gasteiger partial charge is 0.238 e. The summed E-state index contributed by atoms with van der Waals surface area (Å²) in [5.74, 6) is 0. The van der Waals surface area contributed by atoms with Crippen molar-refractivity contribution >= 4 is 32.1 Å². The topological polar surface area (TPSA) is 97.1 Å². The molecule has 0 atom stereocenters. The van der Waals surface area contributed by atoms with Crippen molar-refractivity contribution in [2.24, 2.45) is 5.14 Å². The van der Waals surface area contributed by atoms with Crippen molar-refractivity contribution in [3.63, 3.8) is 0 Å². The van der Waals surface area contributed by atoms with Gasteiger partial charge in [-0.1, -0.05) is 66.7 Å². The molecule has 3 aromatic carbocycles. The molecule has 0 amide bonds. The molecule has 33 heavy (non-hydrogen) atoms. The molecule has 4 rings (SSSR count). The van der Waals surface area contributed by atoms with Gasteiger partial charge in [-0.15, -0.1) is 0 Å². The lowest BCUT2D eigenvalue weighted by Gasteiger charge is -2.12. The minimum Gasteiger partial charge on any atom is -0.383 e. The van der Waals surface area contributed by atoms with Crippen molar-refractivity contribution in [2.75, 3.05) is 25.0 Å². The Labute approximate surface area is 194 Å². The molecule has 1 heterocycles. The number of sulfonamides is 1. The first-order chi connectivity index (χ1) is 16.0. The van der Waals surface area contributed by atoms with Gasteiger partial charge in [-0.3, -0.25) is 4.98 Å². The Morgan fingerprint density at radius 2 is 1.52 bits per heavy atom. The molecule has 0 saturated carbocycles. The standard InChI is InChI=1S/C26H26N4O2S/c27-33(31,32)26-12-11-25(23-14-16-29-19-24(23)26)30-18-17-28-15-13-22(20-7-3-1-4-8-20)21-9-5-2-6-10-21/h1-14,16,19,28,30H,15,17-18H2,(H2,27,31,32). The van der Waals surface area contributed by atoms with Gasteiger partial charge in [-0.05, 0) is 34.9 Å². The van der Waals surface area contributed by atoms with Gasteiger partial charge in [-0.25, -0.2) is 13.6 Å². The lowest BCUT2D eigenvalue weighted by atomic mass is 9.98. The van der Waals surface area contributed by atoms with E-state index in [0.717, 1.165) is 24.2 Å². The third-order valence-corrected chi connectivity index (χ3v) is 6.29. The summed E-state index contributed by atoms with van der Waals surface area (Å²) < 4.78 is 23.7. The summed E-state index contributed by atoms with van der Waals surface area (Å²) in [6.45, 7) is 2.12. The Kier molecular flexibility index (Phi) is 7.14. The van der Waals surface area contributed by atoms with E-state index in [1.54, 1.807) is 18.3 Å². The third kappa shape index (κ3) is 5.64. The zero-order chi connectivity index (χ0) is 23.1. The minimum atomic E-state index is -3.82. The summed E-state index contributed by atoms with van der Waals surface area (Å²) in [7, 11) is -3.82. The number of nitrogens with zero attached hydrogens (tertiary/aromatic N) is 1. The molecule has 7 heteroatoms. The molecule has 0 radical (unpaired) electrons. The van der Waals surface area contributed by atoms with E-state index in [1.165, 1.54) is 29.0 Å². The van der Waals surface area contributed by atoms with E-state index >= 15 is 0 Å². The van der Waals surface area contributed by atoms with Crippen LogP contribution in [0.4, 0.5) is 5.69 Å². The number of rotatable bonds is 9. The Balaban J connectivity index is 1.40. The van der Waals surface area contributed by atoms with Gasteiger partial charge in [0.2, 0.25) is 10.0 Å². The van der Waals surface area contributed by atoms with Crippen LogP contribution in [0.5, 0.6) is 0 Å². The summed E-state index contributed by atoms with van der Waals surface area (Å²) in [4.78, 5) is 4.13. The number of nitrogens with one attached hydrogen (secondary N) is 2. The number of hydrogen-bond acceptors (Lipinski definition) is 5. The predicted octanol–water partition coefficient (Wildman–Crippen LogP) is 4.02. The van der Waals surface area contributed by atoms with Crippen molar-refractivity contribution in [1.29, 1.82) is 0 Å². The molecule has 0 aliphatic carbocycles. The van der Waals surface area contributed by atoms with Crippen LogP contribution in [0.1, 0.15) is 11.1 Å². The van der Waals surface area contributed by atoms with Crippen molar-refractivity contribution in [3.05, 3.63) is 108 Å². The highest BCUT2D eigenvalue weighted by molar-refractivity contribution is 7.89. The Hall–Kier alpha value is -3.52. The molecule has 168 valence electrons. The SMILES string of the molecule is NS(=O)(=O)c1ccc(NCCNCC=C(c2ccccc2)c2ccccc2)c2ccncc12. The van der Waals surface area contributed by atoms with Gasteiger partial charge >= 0.3 is 0 Å². The van der Waals surface area contributed by atoms with Crippen LogP contribution in [0.25, 0.3) is 16.3 Å². The van der Waals surface area contributed by atoms with Gasteiger partial charge in [0.15, 0.2) is 0 Å². The Morgan fingerprint density at radius 1 is 0.848 bits per heavy atom. The fraction of sp³-hybridized carbons (Fsp3) is 0.115. The molecule has 0 aliphatic rings. The minimum absolute atomic E-state index is 0.0776. The molecule has 0 saturated heterocycles. The molecule has 0 bridgehead atoms. The summed E-state index contributed by atoms with van der Waals surface area (Å²) >= 11 is 0. The van der Waals surface area contributed by atoms with Crippen LogP contribution in [0.3, 0.4) is 0 Å². The average molecular weight is 459 g/mol. The molecule has 1 aromatic heterocycles. The normalized spacial score (nSPS) is 11.3. The first kappa shape index (κ1) is 22.7. The molecule has 4 N–H and O–H groups in total. The van der Waals surface area contributed by atoms with Crippen LogP contribution in [0, 0.1) is 0 Å². The number of pyridine rings is 1. The highest BCUT2D eigenvalue weighted by Gasteiger charge is 2.14. The van der Waals surface area contributed by atoms with E-state index in [4.69, 9.17) is 5.14 Å². The summed E-state index contributed by atoms with van der Waals surface area (Å²) in [5.41, 5.74) is 4.39. The van der Waals surface area contributed by atoms with Crippen molar-refractivity contribution in [3.8, 4) is 0 Å². The Morgan fingerprint density at radius 3 is 2.15 bits per heavy atom. The quantitative estimate of drug-likeness (QED) is 0.329. The fourth-order valence-corrected chi connectivity index (χ4v) is 4.49. The maximum absolute atomic E-state index is 11.9. The molecule has 0 unspecified atom stereocenters. The molecule has 4 aromatic rings. The predicted molar refractivity (Wildman–Crippen MR) is 134 cm³/mol. The van der Waals surface area contributed by atoms with E-state index in [2.05, 4.69) is 46.0 Å². The van der Waals surface area contributed by atoms with Gasteiger partial charge in [0.05, 0.1) is 4.90 Å². The van der Waals surface area contributed by atoms with Crippen molar-refractivity contribution in [2.45, 2.75) is 4.90 Å². The van der Waals surface area contributed by atoms with Crippen LogP contribution in [0.2, 0.25) is 0 Å². The molecule has 0 aliphatic heterocycles. The van der Waals surface area contributed by atoms with E-state index in [-0.39, 0.29) is 4.90 Å². The number of hydrogen-bond donors (Lipinski definition) is 3. The second-order valence-electron chi connectivity index (χ2n) is 7.56. The molecular weight excluding hydrogens is 432 g/mol. The zero-order valence-electron chi connectivity index (χ0n) is 18.1. The van der Waals surface area contributed by atoms with E-state index < -0.39 is 10.0 Å². The number of primary sulfonamides is 1. The maximum atomic E-state index is 11.9. The van der Waals surface area contributed by atoms with Crippen LogP contribution in [-0.2, 0) is 10.0 Å². The molecule has 0 spiro atoms. The first-order valence-electron chi connectivity index (χ1n) is 10.7. The van der Waals surface area contributed by atoms with E-state index in [1.807, 2.05) is 36.4 Å². The summed E-state index contributed by atoms with van der Waals surface area (Å²) in [6.07, 6.45) is 5.36. The van der Waals surface area contributed by atoms with Crippen molar-refractivity contribution < 1.29 is 8.42 Å². The first-order valence-corrected chi connectivity index (χ1v) is 12.2. The highest BCUT2D eigenvalue weighted by Crippen LogP contribution is 2.28. The lowest BCUT2D eigenvalue weighted by Crippen LogP contribution is -2.22. The van der Waals surface area contributed by atoms with Gasteiger partial charge in [0, 0.05) is 48.5 Å². The third-order valence-electron chi connectivity index (χ3n) is 5.32. The monoisotopic (exact) mass is 458 g/mol. The molecule has 6 nitrogen and oxygen atoms in total. The van der Waals surface area contributed by atoms with Gasteiger partial charge < -0.3 is 10.6 Å². The van der Waals surface area contributed by atoms with Crippen LogP contribution in [-0.4, -0.2) is 33.0 Å². The number of nitrogens with two attached hydrogens (primary N) is 1. The van der Waals surface area contributed by atoms with Crippen molar-refractivity contribution in [1.82, 2.24) is 10.3 Å². The number of aromatic nitrogens is 1. The van der Waals surface area contributed by atoms with E-state index in [0.29, 0.717) is 11.9 Å². The fourth-order valence-electron chi connectivity index (χ4n) is 3.77. The summed E-state index contributed by atoms with van der Waals surface area (Å²) in [5, 5.41) is 13.4. The molecular formula is C26H26N4O2S. The Bertz CT molecular complexity index is 1310. The van der Waals surface area contributed by atoms with Gasteiger partial charge in [0.1, 0.15) is 0 Å². The molecule has 0 fully saturated rings. The van der Waals surface area contributed by atoms with E-state index in [9.17, 15) is 8.42 Å². The average Bonchev–Trinajstić information content (AvgIpc) is 2.84. The van der Waals surface area contributed by atoms with Crippen LogP contribution >= 0.6 is 0 Å². The number of anilines is 1. The lowest BCUT2D eigenvalue weighted by molar-refractivity contribution is 0.598. The second-order valence-corrected chi connectivity index (χ2v) is 9.09. The highest BCUT2D eigenvalue weighted by atomic mass is 32.2.